The molecule has 0 bridgehead atoms. The molecule has 4 heteroatoms. The number of carboxylic acid groups (broad SMARTS) is 1. The quantitative estimate of drug-likeness (QED) is 0.657. The molecule has 0 aliphatic rings. The van der Waals surface area contributed by atoms with E-state index in [0.29, 0.717) is 13.2 Å². The molecule has 0 spiro atoms. The third-order valence-electron chi connectivity index (χ3n) is 0.657. The van der Waals surface area contributed by atoms with Gasteiger partial charge >= 0.3 is 5.97 Å². The first kappa shape index (κ1) is 22.5. The molecule has 1 N–H and O–H groups in total. The molecule has 0 aliphatic carbocycles. The topological polar surface area (TPSA) is 55.8 Å². The highest BCUT2D eigenvalue weighted by atomic mass is 16.5. The Balaban J connectivity index is -0.000000107. The molecule has 4 nitrogen and oxygen atoms in total. The van der Waals surface area contributed by atoms with Crippen LogP contribution in [0.5, 0.6) is 0 Å². The number of rotatable bonds is 5. The van der Waals surface area contributed by atoms with E-state index in [1.807, 2.05) is 0 Å². The van der Waals surface area contributed by atoms with Crippen LogP contribution in [0.3, 0.4) is 0 Å². The van der Waals surface area contributed by atoms with E-state index >= 15 is 0 Å². The van der Waals surface area contributed by atoms with Crippen LogP contribution in [0.2, 0.25) is 0 Å². The Hall–Kier alpha value is -0.610. The lowest BCUT2D eigenvalue weighted by Crippen LogP contribution is -2.10. The molecule has 0 unspecified atom stereocenters. The van der Waals surface area contributed by atoms with Gasteiger partial charge in [-0.15, -0.1) is 0 Å². The Morgan fingerprint density at radius 1 is 1.25 bits per heavy atom. The van der Waals surface area contributed by atoms with Crippen molar-refractivity contribution in [1.29, 1.82) is 0 Å². The highest BCUT2D eigenvalue weighted by molar-refractivity contribution is 5.67. The number of methoxy groups -OCH3 is 1. The number of carboxylic acids is 1. The first-order chi connectivity index (χ1) is 4.27. The van der Waals surface area contributed by atoms with Crippen LogP contribution in [-0.2, 0) is 14.3 Å². The summed E-state index contributed by atoms with van der Waals surface area (Å²) in [5.74, 6) is -0.953. The average molecular weight is 182 g/mol. The van der Waals surface area contributed by atoms with Crippen molar-refractivity contribution in [2.45, 2.75) is 22.3 Å². The van der Waals surface area contributed by atoms with Crippen LogP contribution < -0.4 is 0 Å². The largest absolute Gasteiger partial charge is 0.480 e. The van der Waals surface area contributed by atoms with Crippen LogP contribution in [0.1, 0.15) is 22.3 Å². The van der Waals surface area contributed by atoms with Crippen molar-refractivity contribution in [3.63, 3.8) is 0 Å². The maximum Gasteiger partial charge on any atom is 0.329 e. The minimum Gasteiger partial charge on any atom is -0.480 e. The molecule has 78 valence electrons. The molecule has 0 saturated carbocycles. The standard InChI is InChI=1S/C5H10O4.3CH4/c1-8-2-3-9-4-5(6)7;;;/h2-4H2,1H3,(H,6,7);3*1H4. The second-order valence-corrected chi connectivity index (χ2v) is 1.44. The maximum absolute atomic E-state index is 9.80. The average Bonchev–Trinajstić information content (AvgIpc) is 1.80. The van der Waals surface area contributed by atoms with Gasteiger partial charge in [0.15, 0.2) is 0 Å². The van der Waals surface area contributed by atoms with Crippen LogP contribution in [0, 0.1) is 0 Å². The summed E-state index contributed by atoms with van der Waals surface area (Å²) in [6.45, 7) is 0.527. The fourth-order valence-corrected chi connectivity index (χ4v) is 0.302. The minimum atomic E-state index is -0.953. The summed E-state index contributed by atoms with van der Waals surface area (Å²) in [7, 11) is 1.53. The van der Waals surface area contributed by atoms with Gasteiger partial charge in [0.25, 0.3) is 0 Å². The normalized spacial score (nSPS) is 7.08. The summed E-state index contributed by atoms with van der Waals surface area (Å²) in [4.78, 5) is 9.80. The van der Waals surface area contributed by atoms with E-state index in [9.17, 15) is 4.79 Å². The predicted molar refractivity (Wildman–Crippen MR) is 50.5 cm³/mol. The SMILES string of the molecule is C.C.C.COCCOCC(=O)O. The third-order valence-corrected chi connectivity index (χ3v) is 0.657. The molecular formula is C8H22O4. The van der Waals surface area contributed by atoms with Gasteiger partial charge in [-0.3, -0.25) is 0 Å². The smallest absolute Gasteiger partial charge is 0.329 e. The number of carbonyl (C=O) groups is 1. The van der Waals surface area contributed by atoms with Gasteiger partial charge < -0.3 is 14.6 Å². The molecule has 0 saturated heterocycles. The van der Waals surface area contributed by atoms with E-state index < -0.39 is 5.97 Å². The maximum atomic E-state index is 9.80. The van der Waals surface area contributed by atoms with E-state index in [0.717, 1.165) is 0 Å². The zero-order chi connectivity index (χ0) is 7.11. The first-order valence-electron chi connectivity index (χ1n) is 2.56. The van der Waals surface area contributed by atoms with Crippen molar-refractivity contribution < 1.29 is 19.4 Å². The lowest BCUT2D eigenvalue weighted by molar-refractivity contribution is -0.142. The highest BCUT2D eigenvalue weighted by Gasteiger charge is 1.93. The lowest BCUT2D eigenvalue weighted by atomic mass is 10.7. The highest BCUT2D eigenvalue weighted by Crippen LogP contribution is 1.74. The molecule has 0 aromatic carbocycles. The van der Waals surface area contributed by atoms with Crippen LogP contribution in [0.4, 0.5) is 0 Å². The Morgan fingerprint density at radius 3 is 2.08 bits per heavy atom. The summed E-state index contributed by atoms with van der Waals surface area (Å²) < 4.78 is 9.22. The molecule has 0 amide bonds. The summed E-state index contributed by atoms with van der Waals surface area (Å²) in [5, 5.41) is 8.05. The number of hydrogen-bond donors (Lipinski definition) is 1. The fraction of sp³-hybridized carbons (Fsp3) is 0.875. The molecule has 0 rings (SSSR count). The molecule has 0 aromatic heterocycles. The Kier molecular flexibility index (Phi) is 31.5. The Labute approximate surface area is 75.5 Å². The summed E-state index contributed by atoms with van der Waals surface area (Å²) in [6, 6.07) is 0. The van der Waals surface area contributed by atoms with Gasteiger partial charge in [0.1, 0.15) is 6.61 Å². The molecule has 0 atom stereocenters. The fourth-order valence-electron chi connectivity index (χ4n) is 0.302. The molecular weight excluding hydrogens is 160 g/mol. The van der Waals surface area contributed by atoms with Crippen molar-refractivity contribution in [1.82, 2.24) is 0 Å². The second kappa shape index (κ2) is 16.8. The Morgan fingerprint density at radius 2 is 1.75 bits per heavy atom. The molecule has 0 aliphatic heterocycles. The van der Waals surface area contributed by atoms with Crippen molar-refractivity contribution >= 4 is 5.97 Å². The van der Waals surface area contributed by atoms with Gasteiger partial charge in [0.2, 0.25) is 0 Å². The molecule has 0 aromatic rings. The van der Waals surface area contributed by atoms with Crippen LogP contribution in [0.25, 0.3) is 0 Å². The third kappa shape index (κ3) is 22.8. The summed E-state index contributed by atoms with van der Waals surface area (Å²) >= 11 is 0. The van der Waals surface area contributed by atoms with Gasteiger partial charge in [0, 0.05) is 7.11 Å². The van der Waals surface area contributed by atoms with Gasteiger partial charge in [-0.2, -0.15) is 0 Å². The van der Waals surface area contributed by atoms with Gasteiger partial charge in [0.05, 0.1) is 13.2 Å². The number of hydrogen-bond acceptors (Lipinski definition) is 3. The van der Waals surface area contributed by atoms with Gasteiger partial charge in [-0.05, 0) is 0 Å². The molecule has 0 heterocycles. The predicted octanol–water partition coefficient (Wildman–Crippen LogP) is 1.64. The zero-order valence-corrected chi connectivity index (χ0v) is 5.29. The number of aliphatic carboxylic acids is 1. The van der Waals surface area contributed by atoms with Crippen molar-refractivity contribution in [2.75, 3.05) is 26.9 Å². The zero-order valence-electron chi connectivity index (χ0n) is 5.29. The van der Waals surface area contributed by atoms with E-state index in [-0.39, 0.29) is 28.9 Å². The summed E-state index contributed by atoms with van der Waals surface area (Å²) in [5.41, 5.74) is 0. The van der Waals surface area contributed by atoms with Crippen molar-refractivity contribution in [3.05, 3.63) is 0 Å². The minimum absolute atomic E-state index is 0. The molecule has 12 heavy (non-hydrogen) atoms. The van der Waals surface area contributed by atoms with E-state index in [4.69, 9.17) is 5.11 Å². The van der Waals surface area contributed by atoms with Gasteiger partial charge in [-0.25, -0.2) is 4.79 Å². The van der Waals surface area contributed by atoms with E-state index in [1.54, 1.807) is 0 Å². The van der Waals surface area contributed by atoms with Crippen molar-refractivity contribution in [3.8, 4) is 0 Å². The van der Waals surface area contributed by atoms with Crippen LogP contribution in [0.15, 0.2) is 0 Å². The second-order valence-electron chi connectivity index (χ2n) is 1.44. The number of ether oxygens (including phenoxy) is 2. The van der Waals surface area contributed by atoms with Crippen LogP contribution in [-0.4, -0.2) is 38.0 Å². The lowest BCUT2D eigenvalue weighted by Gasteiger charge is -1.97. The first-order valence-corrected chi connectivity index (χ1v) is 2.56. The molecule has 0 fully saturated rings. The van der Waals surface area contributed by atoms with Crippen LogP contribution >= 0.6 is 0 Å². The van der Waals surface area contributed by atoms with Gasteiger partial charge in [-0.1, -0.05) is 22.3 Å². The van der Waals surface area contributed by atoms with E-state index in [2.05, 4.69) is 9.47 Å². The Bertz CT molecular complexity index is 83.1. The summed E-state index contributed by atoms with van der Waals surface area (Å²) in [6.07, 6.45) is 0. The van der Waals surface area contributed by atoms with Crippen molar-refractivity contribution in [2.24, 2.45) is 0 Å². The van der Waals surface area contributed by atoms with E-state index in [1.165, 1.54) is 7.11 Å². The molecule has 0 radical (unpaired) electrons. The monoisotopic (exact) mass is 182 g/mol.